The van der Waals surface area contributed by atoms with Crippen LogP contribution < -0.4 is 25.4 Å². The van der Waals surface area contributed by atoms with Gasteiger partial charge in [0, 0.05) is 36.8 Å². The summed E-state index contributed by atoms with van der Waals surface area (Å²) < 4.78 is 10.6. The minimum atomic E-state index is -0.790. The van der Waals surface area contributed by atoms with Crippen LogP contribution in [0, 0.1) is 0 Å². The van der Waals surface area contributed by atoms with Gasteiger partial charge in [-0.3, -0.25) is 9.59 Å². The van der Waals surface area contributed by atoms with E-state index in [-0.39, 0.29) is 36.6 Å². The van der Waals surface area contributed by atoms with Crippen molar-refractivity contribution < 1.29 is 34.4 Å². The fourth-order valence-electron chi connectivity index (χ4n) is 5.16. The van der Waals surface area contributed by atoms with Crippen molar-refractivity contribution in [2.24, 2.45) is 0 Å². The Hall–Kier alpha value is -4.90. The van der Waals surface area contributed by atoms with Crippen molar-refractivity contribution in [3.63, 3.8) is 0 Å². The normalized spacial score (nSPS) is 12.2. The maximum absolute atomic E-state index is 12.7. The highest BCUT2D eigenvalue weighted by Crippen LogP contribution is 2.27. The van der Waals surface area contributed by atoms with E-state index in [1.165, 1.54) is 6.07 Å². The first-order valence-corrected chi connectivity index (χ1v) is 15.5. The lowest BCUT2D eigenvalue weighted by Gasteiger charge is -2.18. The van der Waals surface area contributed by atoms with Crippen molar-refractivity contribution >= 4 is 11.8 Å². The number of phenols is 1. The standard InChI is InChI=1S/C37H43N3O7/c1-24(38-22-33(43)30-12-13-32(42)31(19-30)23-41)15-26-5-4-6-27(16-26)18-36(44)39-20-25-7-10-29(11-8-25)37(45)40-21-28-9-14-34(46-2)35(17-28)47-3/h4-14,16-17,19,24,33,38,41-43H,15,18,20-23H2,1-3H3,(H,39,44)(H,40,45)/t24-,33+/m1/s1. The number of aromatic hydroxyl groups is 1. The molecule has 6 N–H and O–H groups in total. The van der Waals surface area contributed by atoms with E-state index in [1.54, 1.807) is 44.6 Å². The van der Waals surface area contributed by atoms with Gasteiger partial charge < -0.3 is 40.7 Å². The SMILES string of the molecule is COc1ccc(CNC(=O)c2ccc(CNC(=O)Cc3cccc(C[C@@H](C)NC[C@H](O)c4ccc(O)c(CO)c4)c3)cc2)cc1OC. The topological polar surface area (TPSA) is 149 Å². The Balaban J connectivity index is 1.20. The number of ether oxygens (including phenoxy) is 2. The van der Waals surface area contributed by atoms with Crippen LogP contribution in [-0.4, -0.2) is 53.9 Å². The van der Waals surface area contributed by atoms with E-state index in [4.69, 9.17) is 9.47 Å². The summed E-state index contributed by atoms with van der Waals surface area (Å²) in [4.78, 5) is 25.4. The Morgan fingerprint density at radius 1 is 0.787 bits per heavy atom. The van der Waals surface area contributed by atoms with Crippen molar-refractivity contribution in [1.82, 2.24) is 16.0 Å². The maximum Gasteiger partial charge on any atom is 0.251 e. The Morgan fingerprint density at radius 3 is 2.21 bits per heavy atom. The monoisotopic (exact) mass is 641 g/mol. The highest BCUT2D eigenvalue weighted by molar-refractivity contribution is 5.94. The van der Waals surface area contributed by atoms with Crippen LogP contribution in [0.5, 0.6) is 17.2 Å². The third kappa shape index (κ3) is 10.3. The molecule has 2 amide bonds. The molecular weight excluding hydrogens is 598 g/mol. The number of hydrogen-bond acceptors (Lipinski definition) is 8. The van der Waals surface area contributed by atoms with Crippen LogP contribution in [-0.2, 0) is 37.3 Å². The molecule has 47 heavy (non-hydrogen) atoms. The zero-order valence-corrected chi connectivity index (χ0v) is 27.0. The summed E-state index contributed by atoms with van der Waals surface area (Å²) in [6.07, 6.45) is 0.148. The zero-order chi connectivity index (χ0) is 33.8. The van der Waals surface area contributed by atoms with Gasteiger partial charge >= 0.3 is 0 Å². The number of rotatable bonds is 16. The summed E-state index contributed by atoms with van der Waals surface area (Å²) in [5.74, 6) is 0.908. The quantitative estimate of drug-likeness (QED) is 0.108. The fourth-order valence-corrected chi connectivity index (χ4v) is 5.16. The van der Waals surface area contributed by atoms with Crippen LogP contribution in [0.2, 0.25) is 0 Å². The highest BCUT2D eigenvalue weighted by atomic mass is 16.5. The summed E-state index contributed by atoms with van der Waals surface area (Å²) in [6.45, 7) is 2.71. The molecule has 0 saturated carbocycles. The number of benzene rings is 4. The number of methoxy groups -OCH3 is 2. The molecule has 2 atom stereocenters. The van der Waals surface area contributed by atoms with E-state index in [1.807, 2.05) is 55.5 Å². The lowest BCUT2D eigenvalue weighted by atomic mass is 10.0. The second kappa shape index (κ2) is 17.1. The minimum absolute atomic E-state index is 0.00178. The third-order valence-corrected chi connectivity index (χ3v) is 7.82. The molecule has 0 fully saturated rings. The van der Waals surface area contributed by atoms with E-state index in [2.05, 4.69) is 16.0 Å². The van der Waals surface area contributed by atoms with Crippen molar-refractivity contribution in [3.8, 4) is 17.2 Å². The van der Waals surface area contributed by atoms with Crippen molar-refractivity contribution in [1.29, 1.82) is 0 Å². The third-order valence-electron chi connectivity index (χ3n) is 7.82. The van der Waals surface area contributed by atoms with Crippen LogP contribution in [0.4, 0.5) is 0 Å². The molecule has 0 saturated heterocycles. The van der Waals surface area contributed by atoms with Gasteiger partial charge in [0.25, 0.3) is 5.91 Å². The minimum Gasteiger partial charge on any atom is -0.508 e. The number of nitrogens with one attached hydrogen (secondary N) is 3. The van der Waals surface area contributed by atoms with Crippen LogP contribution >= 0.6 is 0 Å². The molecule has 0 aliphatic rings. The number of aliphatic hydroxyl groups excluding tert-OH is 2. The maximum atomic E-state index is 12.7. The van der Waals surface area contributed by atoms with Crippen LogP contribution in [0.1, 0.15) is 56.8 Å². The lowest BCUT2D eigenvalue weighted by molar-refractivity contribution is -0.120. The predicted octanol–water partition coefficient (Wildman–Crippen LogP) is 3.94. The Labute approximate surface area is 275 Å². The number of hydrogen-bond donors (Lipinski definition) is 6. The molecule has 10 nitrogen and oxygen atoms in total. The molecular formula is C37H43N3O7. The fraction of sp³-hybridized carbons (Fsp3) is 0.297. The van der Waals surface area contributed by atoms with Gasteiger partial charge in [-0.15, -0.1) is 0 Å². The Morgan fingerprint density at radius 2 is 1.49 bits per heavy atom. The van der Waals surface area contributed by atoms with Crippen LogP contribution in [0.3, 0.4) is 0 Å². The molecule has 0 aromatic heterocycles. The second-order valence-corrected chi connectivity index (χ2v) is 11.4. The van der Waals surface area contributed by atoms with E-state index in [9.17, 15) is 24.9 Å². The van der Waals surface area contributed by atoms with Gasteiger partial charge in [-0.1, -0.05) is 48.5 Å². The van der Waals surface area contributed by atoms with Gasteiger partial charge in [0.2, 0.25) is 5.91 Å². The highest BCUT2D eigenvalue weighted by Gasteiger charge is 2.13. The molecule has 4 aromatic carbocycles. The molecule has 0 unspecified atom stereocenters. The first-order valence-electron chi connectivity index (χ1n) is 15.5. The number of amides is 2. The van der Waals surface area contributed by atoms with Gasteiger partial charge in [0.05, 0.1) is 33.4 Å². The summed E-state index contributed by atoms with van der Waals surface area (Å²) in [5, 5.41) is 38.8. The van der Waals surface area contributed by atoms with Gasteiger partial charge in [-0.05, 0) is 77.6 Å². The molecule has 4 rings (SSSR count). The smallest absolute Gasteiger partial charge is 0.251 e. The largest absolute Gasteiger partial charge is 0.508 e. The van der Waals surface area contributed by atoms with Gasteiger partial charge in [-0.25, -0.2) is 0 Å². The lowest BCUT2D eigenvalue weighted by Crippen LogP contribution is -2.32. The first kappa shape index (κ1) is 35.0. The summed E-state index contributed by atoms with van der Waals surface area (Å²) in [5.41, 5.74) is 5.23. The Bertz CT molecular complexity index is 1640. The van der Waals surface area contributed by atoms with Crippen molar-refractivity contribution in [3.05, 3.63) is 124 Å². The van der Waals surface area contributed by atoms with Crippen LogP contribution in [0.15, 0.2) is 84.9 Å². The molecule has 0 spiro atoms. The summed E-state index contributed by atoms with van der Waals surface area (Å²) in [7, 11) is 3.14. The number of aliphatic hydroxyl groups is 2. The van der Waals surface area contributed by atoms with Crippen molar-refractivity contribution in [2.45, 2.75) is 51.6 Å². The van der Waals surface area contributed by atoms with E-state index in [0.717, 1.165) is 22.3 Å². The van der Waals surface area contributed by atoms with Crippen molar-refractivity contribution in [2.75, 3.05) is 20.8 Å². The predicted molar refractivity (Wildman–Crippen MR) is 179 cm³/mol. The number of carbonyl (C=O) groups is 2. The van der Waals surface area contributed by atoms with Gasteiger partial charge in [0.15, 0.2) is 11.5 Å². The molecule has 0 radical (unpaired) electrons. The molecule has 0 aliphatic carbocycles. The summed E-state index contributed by atoms with van der Waals surface area (Å²) >= 11 is 0. The molecule has 10 heteroatoms. The molecule has 0 bridgehead atoms. The first-order chi connectivity index (χ1) is 22.7. The zero-order valence-electron chi connectivity index (χ0n) is 27.0. The van der Waals surface area contributed by atoms with E-state index in [0.29, 0.717) is 54.2 Å². The average molecular weight is 642 g/mol. The molecule has 0 aliphatic heterocycles. The summed E-state index contributed by atoms with van der Waals surface area (Å²) in [6, 6.07) is 25.2. The molecule has 4 aromatic rings. The molecule has 0 heterocycles. The number of carbonyl (C=O) groups excluding carboxylic acids is 2. The Kier molecular flexibility index (Phi) is 12.7. The van der Waals surface area contributed by atoms with Gasteiger partial charge in [-0.2, -0.15) is 0 Å². The van der Waals surface area contributed by atoms with Crippen LogP contribution in [0.25, 0.3) is 0 Å². The second-order valence-electron chi connectivity index (χ2n) is 11.4. The average Bonchev–Trinajstić information content (AvgIpc) is 3.09. The van der Waals surface area contributed by atoms with E-state index < -0.39 is 6.10 Å². The van der Waals surface area contributed by atoms with E-state index >= 15 is 0 Å². The molecule has 248 valence electrons. The van der Waals surface area contributed by atoms with Gasteiger partial charge in [0.1, 0.15) is 5.75 Å².